The van der Waals surface area contributed by atoms with E-state index in [9.17, 15) is 0 Å². The fourth-order valence-electron chi connectivity index (χ4n) is 9.14. The summed E-state index contributed by atoms with van der Waals surface area (Å²) in [7, 11) is 0. The summed E-state index contributed by atoms with van der Waals surface area (Å²) in [6, 6.07) is 0. The Hall–Kier alpha value is -1.70. The van der Waals surface area contributed by atoms with E-state index in [1.165, 1.54) is 81.3 Å². The lowest BCUT2D eigenvalue weighted by Gasteiger charge is -2.27. The van der Waals surface area contributed by atoms with Gasteiger partial charge in [0.15, 0.2) is 0 Å². The molecule has 186 valence electrons. The fraction of sp³-hybridized carbons (Fsp3) is 0.697. The third-order valence-corrected chi connectivity index (χ3v) is 10.5. The first-order chi connectivity index (χ1) is 16.5. The van der Waals surface area contributed by atoms with Crippen molar-refractivity contribution in [1.29, 1.82) is 0 Å². The number of aromatic nitrogens is 2. The molecule has 7 rings (SSSR count). The van der Waals surface area contributed by atoms with Crippen molar-refractivity contribution >= 4 is 0 Å². The quantitative estimate of drug-likeness (QED) is 0.441. The maximum absolute atomic E-state index is 5.50. The zero-order valence-electron chi connectivity index (χ0n) is 23.2. The van der Waals surface area contributed by atoms with Gasteiger partial charge in [0.1, 0.15) is 0 Å². The monoisotopic (exact) mass is 468 g/mol. The molecule has 3 unspecified atom stereocenters. The molecule has 1 spiro atoms. The van der Waals surface area contributed by atoms with Crippen molar-refractivity contribution in [1.82, 2.24) is 9.97 Å². The molecule has 2 nitrogen and oxygen atoms in total. The van der Waals surface area contributed by atoms with Gasteiger partial charge in [-0.1, -0.05) is 48.5 Å². The Morgan fingerprint density at radius 1 is 0.714 bits per heavy atom. The standard InChI is InChI=1S/C33H44N2/c1-18-11-12-21-28(32(5,6)7)22-15-19(16-26(22)34-29(18)21)24-17-23-27(31(2,3)4)20-9-8-10-25(20)35-30(23)33(24)13-14-33/h18-19,24H,8-17H2,1-7H3. The third-order valence-electron chi connectivity index (χ3n) is 10.5. The topological polar surface area (TPSA) is 25.8 Å². The van der Waals surface area contributed by atoms with E-state index in [1.54, 1.807) is 39.1 Å². The highest BCUT2D eigenvalue weighted by atomic mass is 14.8. The van der Waals surface area contributed by atoms with Gasteiger partial charge in [0.25, 0.3) is 0 Å². The summed E-state index contributed by atoms with van der Waals surface area (Å²) in [5.41, 5.74) is 16.6. The van der Waals surface area contributed by atoms with Gasteiger partial charge < -0.3 is 0 Å². The summed E-state index contributed by atoms with van der Waals surface area (Å²) < 4.78 is 0. The minimum Gasteiger partial charge on any atom is -0.257 e. The van der Waals surface area contributed by atoms with E-state index >= 15 is 0 Å². The van der Waals surface area contributed by atoms with Gasteiger partial charge in [-0.05, 0) is 126 Å². The Morgan fingerprint density at radius 3 is 2.11 bits per heavy atom. The highest BCUT2D eigenvalue weighted by Gasteiger charge is 2.60. The van der Waals surface area contributed by atoms with Crippen molar-refractivity contribution in [3.63, 3.8) is 0 Å². The molecule has 2 aromatic heterocycles. The maximum atomic E-state index is 5.50. The van der Waals surface area contributed by atoms with E-state index in [0.29, 0.717) is 11.3 Å². The SMILES string of the molecule is CC1CCc2c1nc1c(c2C(C)(C)C)CC(C2Cc3c(nc4c(c3C(C)(C)C)CCC4)C23CC3)C1. The smallest absolute Gasteiger partial charge is 0.0506 e. The first-order valence-corrected chi connectivity index (χ1v) is 14.6. The van der Waals surface area contributed by atoms with Crippen molar-refractivity contribution in [3.05, 3.63) is 56.2 Å². The minimum atomic E-state index is 0.202. The van der Waals surface area contributed by atoms with Gasteiger partial charge in [-0.2, -0.15) is 0 Å². The molecule has 2 aromatic rings. The second kappa shape index (κ2) is 6.99. The number of aryl methyl sites for hydroxylation is 1. The average Bonchev–Trinajstić information content (AvgIpc) is 3.07. The lowest BCUT2D eigenvalue weighted by atomic mass is 9.77. The number of rotatable bonds is 1. The molecule has 2 heterocycles. The average molecular weight is 469 g/mol. The van der Waals surface area contributed by atoms with Crippen LogP contribution in [-0.4, -0.2) is 9.97 Å². The molecule has 0 N–H and O–H groups in total. The lowest BCUT2D eigenvalue weighted by molar-refractivity contribution is 0.289. The second-order valence-corrected chi connectivity index (χ2v) is 14.9. The first kappa shape index (κ1) is 22.5. The predicted octanol–water partition coefficient (Wildman–Crippen LogP) is 7.23. The van der Waals surface area contributed by atoms with Crippen LogP contribution in [0.2, 0.25) is 0 Å². The van der Waals surface area contributed by atoms with Crippen LogP contribution in [0.3, 0.4) is 0 Å². The van der Waals surface area contributed by atoms with Crippen molar-refractivity contribution in [3.8, 4) is 0 Å². The van der Waals surface area contributed by atoms with Crippen LogP contribution in [0.5, 0.6) is 0 Å². The van der Waals surface area contributed by atoms with E-state index in [0.717, 1.165) is 11.8 Å². The van der Waals surface area contributed by atoms with Gasteiger partial charge >= 0.3 is 0 Å². The summed E-state index contributed by atoms with van der Waals surface area (Å²) in [6.07, 6.45) is 12.7. The van der Waals surface area contributed by atoms with Crippen molar-refractivity contribution in [2.24, 2.45) is 11.8 Å². The summed E-state index contributed by atoms with van der Waals surface area (Å²) in [5, 5.41) is 0. The molecule has 0 aromatic carbocycles. The third kappa shape index (κ3) is 3.07. The molecule has 3 atom stereocenters. The van der Waals surface area contributed by atoms with E-state index in [4.69, 9.17) is 9.97 Å². The van der Waals surface area contributed by atoms with Gasteiger partial charge in [0, 0.05) is 22.5 Å². The van der Waals surface area contributed by atoms with Crippen molar-refractivity contribution in [2.75, 3.05) is 0 Å². The van der Waals surface area contributed by atoms with Crippen LogP contribution in [0, 0.1) is 11.8 Å². The molecule has 0 aliphatic heterocycles. The largest absolute Gasteiger partial charge is 0.257 e. The van der Waals surface area contributed by atoms with Gasteiger partial charge in [-0.25, -0.2) is 0 Å². The number of hydrogen-bond acceptors (Lipinski definition) is 2. The van der Waals surface area contributed by atoms with E-state index < -0.39 is 0 Å². The Morgan fingerprint density at radius 2 is 1.43 bits per heavy atom. The molecule has 0 amide bonds. The summed E-state index contributed by atoms with van der Waals surface area (Å²) in [5.74, 6) is 2.11. The van der Waals surface area contributed by atoms with Crippen LogP contribution in [-0.2, 0) is 54.8 Å². The molecule has 5 aliphatic carbocycles. The molecule has 5 aliphatic rings. The summed E-state index contributed by atoms with van der Waals surface area (Å²) >= 11 is 0. The van der Waals surface area contributed by atoms with Crippen LogP contribution in [0.1, 0.15) is 136 Å². The Kier molecular flexibility index (Phi) is 4.49. The molecule has 0 bridgehead atoms. The van der Waals surface area contributed by atoms with Crippen molar-refractivity contribution < 1.29 is 0 Å². The lowest BCUT2D eigenvalue weighted by Crippen LogP contribution is -2.26. The Balaban J connectivity index is 1.31. The fourth-order valence-corrected chi connectivity index (χ4v) is 9.14. The van der Waals surface area contributed by atoms with Crippen LogP contribution in [0.4, 0.5) is 0 Å². The predicted molar refractivity (Wildman–Crippen MR) is 144 cm³/mol. The molecular formula is C33H44N2. The molecule has 2 heteroatoms. The second-order valence-electron chi connectivity index (χ2n) is 14.9. The number of hydrogen-bond donors (Lipinski definition) is 0. The summed E-state index contributed by atoms with van der Waals surface area (Å²) in [4.78, 5) is 10.9. The first-order valence-electron chi connectivity index (χ1n) is 14.6. The number of pyridine rings is 2. The molecule has 0 radical (unpaired) electrons. The Bertz CT molecular complexity index is 1250. The van der Waals surface area contributed by atoms with Gasteiger partial charge in [-0.15, -0.1) is 0 Å². The molecule has 1 fully saturated rings. The van der Waals surface area contributed by atoms with Crippen LogP contribution >= 0.6 is 0 Å². The number of nitrogens with zero attached hydrogens (tertiary/aromatic N) is 2. The zero-order valence-corrected chi connectivity index (χ0v) is 23.2. The van der Waals surface area contributed by atoms with E-state index in [1.807, 2.05) is 0 Å². The normalized spacial score (nSPS) is 27.8. The molecule has 35 heavy (non-hydrogen) atoms. The van der Waals surface area contributed by atoms with Gasteiger partial charge in [0.05, 0.1) is 5.69 Å². The Labute approximate surface area is 212 Å². The highest BCUT2D eigenvalue weighted by Crippen LogP contribution is 2.64. The highest BCUT2D eigenvalue weighted by molar-refractivity contribution is 5.55. The zero-order chi connectivity index (χ0) is 24.5. The van der Waals surface area contributed by atoms with E-state index in [-0.39, 0.29) is 10.8 Å². The van der Waals surface area contributed by atoms with Crippen LogP contribution in [0.15, 0.2) is 0 Å². The number of fused-ring (bicyclic) bond motifs is 5. The van der Waals surface area contributed by atoms with E-state index in [2.05, 4.69) is 48.5 Å². The van der Waals surface area contributed by atoms with Crippen molar-refractivity contribution in [2.45, 2.75) is 135 Å². The maximum Gasteiger partial charge on any atom is 0.0506 e. The summed E-state index contributed by atoms with van der Waals surface area (Å²) in [6.45, 7) is 17.1. The molecular weight excluding hydrogens is 424 g/mol. The van der Waals surface area contributed by atoms with Crippen LogP contribution < -0.4 is 0 Å². The van der Waals surface area contributed by atoms with Crippen LogP contribution in [0.25, 0.3) is 0 Å². The molecule has 0 saturated heterocycles. The minimum absolute atomic E-state index is 0.202. The van der Waals surface area contributed by atoms with Gasteiger partial charge in [0.2, 0.25) is 0 Å². The van der Waals surface area contributed by atoms with Gasteiger partial charge in [-0.3, -0.25) is 9.97 Å². The molecule has 1 saturated carbocycles.